The van der Waals surface area contributed by atoms with Crippen LogP contribution in [0.15, 0.2) is 36.4 Å². The third-order valence-electron chi connectivity index (χ3n) is 8.36. The second-order valence-electron chi connectivity index (χ2n) is 10.8. The van der Waals surface area contributed by atoms with Crippen LogP contribution in [-0.4, -0.2) is 76.8 Å². The van der Waals surface area contributed by atoms with Crippen molar-refractivity contribution in [1.82, 2.24) is 19.7 Å². The molecule has 0 spiro atoms. The molecule has 0 N–H and O–H groups in total. The van der Waals surface area contributed by atoms with E-state index in [9.17, 15) is 22.8 Å². The number of benzene rings is 1. The molecule has 204 valence electrons. The molecule has 38 heavy (non-hydrogen) atoms. The number of hydrogen-bond acceptors (Lipinski definition) is 4. The van der Waals surface area contributed by atoms with Crippen molar-refractivity contribution in [2.24, 2.45) is 0 Å². The van der Waals surface area contributed by atoms with Gasteiger partial charge in [0, 0.05) is 62.5 Å². The summed E-state index contributed by atoms with van der Waals surface area (Å²) in [6.45, 7) is 6.12. The summed E-state index contributed by atoms with van der Waals surface area (Å²) < 4.78 is 38.6. The fraction of sp³-hybridized carbons (Fsp3) is 0.552. The lowest BCUT2D eigenvalue weighted by Crippen LogP contribution is -2.51. The Bertz CT molecular complexity index is 1150. The minimum absolute atomic E-state index is 0.0295. The van der Waals surface area contributed by atoms with Crippen LogP contribution in [0.25, 0.3) is 0 Å². The Hall–Kier alpha value is -2.94. The maximum atomic E-state index is 13.6. The minimum atomic E-state index is -4.43. The second-order valence-corrected chi connectivity index (χ2v) is 10.8. The van der Waals surface area contributed by atoms with Gasteiger partial charge < -0.3 is 9.80 Å². The Morgan fingerprint density at radius 2 is 1.39 bits per heavy atom. The number of halogens is 3. The van der Waals surface area contributed by atoms with Crippen molar-refractivity contribution in [2.75, 3.05) is 39.3 Å². The Morgan fingerprint density at radius 1 is 0.789 bits per heavy atom. The molecule has 3 aliphatic rings. The fourth-order valence-corrected chi connectivity index (χ4v) is 6.14. The molecule has 1 saturated carbocycles. The maximum absolute atomic E-state index is 13.6. The molecular formula is C29H35F3N4O2. The van der Waals surface area contributed by atoms with E-state index in [-0.39, 0.29) is 23.3 Å². The van der Waals surface area contributed by atoms with Crippen LogP contribution in [0.2, 0.25) is 0 Å². The lowest BCUT2D eigenvalue weighted by atomic mass is 9.89. The average Bonchev–Trinajstić information content (AvgIpc) is 3.47. The number of rotatable bonds is 4. The highest BCUT2D eigenvalue weighted by Gasteiger charge is 2.33. The quantitative estimate of drug-likeness (QED) is 0.552. The second kappa shape index (κ2) is 11.0. The molecule has 0 radical (unpaired) electrons. The Morgan fingerprint density at radius 3 is 2.00 bits per heavy atom. The summed E-state index contributed by atoms with van der Waals surface area (Å²) in [5.74, 6) is -0.196. The number of carbonyl (C=O) groups is 2. The van der Waals surface area contributed by atoms with Crippen molar-refractivity contribution in [3.63, 3.8) is 0 Å². The molecule has 1 aliphatic carbocycles. The Labute approximate surface area is 221 Å². The van der Waals surface area contributed by atoms with E-state index in [2.05, 4.69) is 4.90 Å². The molecule has 1 aromatic carbocycles. The summed E-state index contributed by atoms with van der Waals surface area (Å²) in [5, 5.41) is 0. The van der Waals surface area contributed by atoms with Crippen LogP contribution >= 0.6 is 0 Å². The number of hydrogen-bond donors (Lipinski definition) is 0. The smallest absolute Gasteiger partial charge is 0.339 e. The van der Waals surface area contributed by atoms with Crippen molar-refractivity contribution >= 4 is 11.8 Å². The molecule has 2 saturated heterocycles. The summed E-state index contributed by atoms with van der Waals surface area (Å²) in [4.78, 5) is 37.5. The van der Waals surface area contributed by atoms with Crippen molar-refractivity contribution in [3.8, 4) is 0 Å². The first-order chi connectivity index (χ1) is 18.2. The van der Waals surface area contributed by atoms with E-state index >= 15 is 0 Å². The predicted octanol–water partition coefficient (Wildman–Crippen LogP) is 5.13. The average molecular weight is 529 g/mol. The highest BCUT2D eigenvalue weighted by Crippen LogP contribution is 2.32. The van der Waals surface area contributed by atoms with Crippen LogP contribution in [0.4, 0.5) is 13.2 Å². The van der Waals surface area contributed by atoms with Gasteiger partial charge in [-0.1, -0.05) is 12.8 Å². The highest BCUT2D eigenvalue weighted by molar-refractivity contribution is 5.96. The van der Waals surface area contributed by atoms with Crippen molar-refractivity contribution in [2.45, 2.75) is 63.6 Å². The molecule has 0 atom stereocenters. The third kappa shape index (κ3) is 5.72. The van der Waals surface area contributed by atoms with Crippen LogP contribution < -0.4 is 0 Å². The van der Waals surface area contributed by atoms with Gasteiger partial charge >= 0.3 is 6.18 Å². The minimum Gasteiger partial charge on any atom is -0.339 e. The van der Waals surface area contributed by atoms with Gasteiger partial charge in [-0.15, -0.1) is 0 Å². The van der Waals surface area contributed by atoms with Crippen molar-refractivity contribution in [1.29, 1.82) is 0 Å². The van der Waals surface area contributed by atoms with Crippen LogP contribution in [0.5, 0.6) is 0 Å². The lowest BCUT2D eigenvalue weighted by molar-refractivity contribution is -0.137. The van der Waals surface area contributed by atoms with Crippen molar-refractivity contribution < 1.29 is 22.8 Å². The van der Waals surface area contributed by atoms with Gasteiger partial charge in [-0.05, 0) is 69.0 Å². The van der Waals surface area contributed by atoms with Crippen molar-refractivity contribution in [3.05, 3.63) is 64.5 Å². The molecule has 3 fully saturated rings. The molecule has 2 aliphatic heterocycles. The normalized spacial score (nSPS) is 20.2. The summed E-state index contributed by atoms with van der Waals surface area (Å²) in [6, 6.07) is 8.81. The molecular weight excluding hydrogens is 493 g/mol. The molecule has 1 aromatic heterocycles. The van der Waals surface area contributed by atoms with Gasteiger partial charge in [0.25, 0.3) is 11.8 Å². The largest absolute Gasteiger partial charge is 0.416 e. The Kier molecular flexibility index (Phi) is 7.75. The zero-order chi connectivity index (χ0) is 26.9. The summed E-state index contributed by atoms with van der Waals surface area (Å²) in [7, 11) is 0. The SMILES string of the molecule is Cc1ccc(C(=O)N2CCN(C3CCCC3)CC2)c(C2CCN(C(=O)c3ccc(C(F)(F)F)cc3)CC2)n1. The zero-order valence-electron chi connectivity index (χ0n) is 21.8. The number of amides is 2. The van der Waals surface area contributed by atoms with E-state index in [1.54, 1.807) is 4.90 Å². The molecule has 9 heteroatoms. The topological polar surface area (TPSA) is 56.8 Å². The molecule has 0 bridgehead atoms. The monoisotopic (exact) mass is 528 g/mol. The predicted molar refractivity (Wildman–Crippen MR) is 138 cm³/mol. The number of aryl methyl sites for hydroxylation is 1. The van der Waals surface area contributed by atoms with E-state index in [1.165, 1.54) is 37.8 Å². The van der Waals surface area contributed by atoms with Gasteiger partial charge in [0.1, 0.15) is 0 Å². The van der Waals surface area contributed by atoms with E-state index in [0.717, 1.165) is 49.7 Å². The number of carbonyl (C=O) groups excluding carboxylic acids is 2. The van der Waals surface area contributed by atoms with Gasteiger partial charge in [-0.2, -0.15) is 13.2 Å². The number of aromatic nitrogens is 1. The van der Waals surface area contributed by atoms with Crippen LogP contribution in [0.3, 0.4) is 0 Å². The van der Waals surface area contributed by atoms with E-state index in [4.69, 9.17) is 4.98 Å². The molecule has 3 heterocycles. The van der Waals surface area contributed by atoms with Crippen LogP contribution in [-0.2, 0) is 6.18 Å². The summed E-state index contributed by atoms with van der Waals surface area (Å²) in [5.41, 5.74) is 1.78. The number of piperazine rings is 1. The molecule has 0 unspecified atom stereocenters. The molecule has 5 rings (SSSR count). The van der Waals surface area contributed by atoms with Gasteiger partial charge in [0.2, 0.25) is 0 Å². The number of alkyl halides is 3. The van der Waals surface area contributed by atoms with Crippen LogP contribution in [0, 0.1) is 6.92 Å². The van der Waals surface area contributed by atoms with E-state index in [1.807, 2.05) is 24.0 Å². The first kappa shape index (κ1) is 26.7. The van der Waals surface area contributed by atoms with Crippen LogP contribution in [0.1, 0.15) is 82.1 Å². The maximum Gasteiger partial charge on any atom is 0.416 e. The third-order valence-corrected chi connectivity index (χ3v) is 8.36. The number of piperidine rings is 1. The standard InChI is InChI=1S/C29H35F3N4O2/c1-20-6-11-25(28(38)36-18-16-34(17-19-36)24-4-2-3-5-24)26(33-20)21-12-14-35(15-13-21)27(37)22-7-9-23(10-8-22)29(30,31)32/h6-11,21,24H,2-5,12-19H2,1H3. The molecule has 2 amide bonds. The van der Waals surface area contributed by atoms with E-state index in [0.29, 0.717) is 37.5 Å². The summed E-state index contributed by atoms with van der Waals surface area (Å²) >= 11 is 0. The molecule has 6 nitrogen and oxygen atoms in total. The first-order valence-electron chi connectivity index (χ1n) is 13.7. The van der Waals surface area contributed by atoms with Gasteiger partial charge in [0.05, 0.1) is 16.8 Å². The summed E-state index contributed by atoms with van der Waals surface area (Å²) in [6.07, 6.45) is 2.00. The Balaban J connectivity index is 1.22. The number of nitrogens with zero attached hydrogens (tertiary/aromatic N) is 4. The van der Waals surface area contributed by atoms with Gasteiger partial charge in [-0.25, -0.2) is 0 Å². The van der Waals surface area contributed by atoms with E-state index < -0.39 is 11.7 Å². The highest BCUT2D eigenvalue weighted by atomic mass is 19.4. The lowest BCUT2D eigenvalue weighted by Gasteiger charge is -2.38. The molecule has 2 aromatic rings. The first-order valence-corrected chi connectivity index (χ1v) is 13.7. The van der Waals surface area contributed by atoms with Gasteiger partial charge in [-0.3, -0.25) is 19.5 Å². The van der Waals surface area contributed by atoms with Gasteiger partial charge in [0.15, 0.2) is 0 Å². The fourth-order valence-electron chi connectivity index (χ4n) is 6.14. The zero-order valence-corrected chi connectivity index (χ0v) is 21.8. The number of pyridine rings is 1. The number of likely N-dealkylation sites (tertiary alicyclic amines) is 1.